The van der Waals surface area contributed by atoms with Crippen molar-refractivity contribution in [2.45, 2.75) is 20.4 Å². The molecule has 0 aliphatic heterocycles. The molecule has 0 radical (unpaired) electrons. The molecule has 3 rings (SSSR count). The van der Waals surface area contributed by atoms with Crippen LogP contribution < -0.4 is 10.1 Å². The summed E-state index contributed by atoms with van der Waals surface area (Å²) in [4.78, 5) is 16.9. The first-order chi connectivity index (χ1) is 11.6. The van der Waals surface area contributed by atoms with Gasteiger partial charge in [-0.2, -0.15) is 0 Å². The van der Waals surface area contributed by atoms with Gasteiger partial charge >= 0.3 is 0 Å². The highest BCUT2D eigenvalue weighted by Crippen LogP contribution is 2.22. The van der Waals surface area contributed by atoms with Crippen molar-refractivity contribution < 1.29 is 9.53 Å². The number of hydrogen-bond donors (Lipinski definition) is 1. The quantitative estimate of drug-likeness (QED) is 0.773. The second kappa shape index (κ2) is 6.88. The number of aromatic nitrogens is 2. The molecule has 0 atom stereocenters. The fourth-order valence-corrected chi connectivity index (χ4v) is 3.42. The summed E-state index contributed by atoms with van der Waals surface area (Å²) in [7, 11) is 1.63. The summed E-state index contributed by atoms with van der Waals surface area (Å²) in [6.07, 6.45) is 1.77. The first-order valence-corrected chi connectivity index (χ1v) is 8.48. The molecule has 1 N–H and O–H groups in total. The summed E-state index contributed by atoms with van der Waals surface area (Å²) in [6, 6.07) is 9.57. The Morgan fingerprint density at radius 1 is 1.33 bits per heavy atom. The Bertz CT molecular complexity index is 853. The minimum absolute atomic E-state index is 0.0891. The van der Waals surface area contributed by atoms with E-state index in [0.29, 0.717) is 12.1 Å². The van der Waals surface area contributed by atoms with E-state index in [2.05, 4.69) is 10.3 Å². The first-order valence-electron chi connectivity index (χ1n) is 7.60. The second-order valence-corrected chi connectivity index (χ2v) is 6.34. The van der Waals surface area contributed by atoms with Gasteiger partial charge in [0.25, 0.3) is 5.91 Å². The Labute approximate surface area is 144 Å². The molecule has 1 amide bonds. The molecule has 0 aliphatic carbocycles. The number of hydrogen-bond acceptors (Lipinski definition) is 4. The predicted octanol–water partition coefficient (Wildman–Crippen LogP) is 3.49. The zero-order valence-corrected chi connectivity index (χ0v) is 14.7. The van der Waals surface area contributed by atoms with Gasteiger partial charge < -0.3 is 10.1 Å². The van der Waals surface area contributed by atoms with Crippen LogP contribution in [0.1, 0.15) is 27.3 Å². The number of aryl methyl sites for hydroxylation is 1. The third-order valence-corrected chi connectivity index (χ3v) is 4.63. The maximum Gasteiger partial charge on any atom is 0.253 e. The molecule has 5 nitrogen and oxygen atoms in total. The molecule has 1 aromatic carbocycles. The van der Waals surface area contributed by atoms with Gasteiger partial charge in [0.2, 0.25) is 0 Å². The fourth-order valence-electron chi connectivity index (χ4n) is 2.67. The van der Waals surface area contributed by atoms with Crippen molar-refractivity contribution in [1.29, 1.82) is 0 Å². The van der Waals surface area contributed by atoms with Gasteiger partial charge in [0, 0.05) is 29.5 Å². The molecular weight excluding hydrogens is 322 g/mol. The van der Waals surface area contributed by atoms with Crippen molar-refractivity contribution in [2.75, 3.05) is 7.11 Å². The Morgan fingerprint density at radius 3 is 2.88 bits per heavy atom. The van der Waals surface area contributed by atoms with Crippen LogP contribution in [-0.4, -0.2) is 22.6 Å². The van der Waals surface area contributed by atoms with Gasteiger partial charge in [0.15, 0.2) is 5.13 Å². The van der Waals surface area contributed by atoms with Crippen LogP contribution in [0.15, 0.2) is 41.9 Å². The van der Waals surface area contributed by atoms with E-state index in [4.69, 9.17) is 4.74 Å². The molecule has 0 saturated heterocycles. The Balaban J connectivity index is 1.77. The number of benzene rings is 1. The van der Waals surface area contributed by atoms with Gasteiger partial charge in [0.1, 0.15) is 5.75 Å². The van der Waals surface area contributed by atoms with Crippen molar-refractivity contribution in [2.24, 2.45) is 0 Å². The summed E-state index contributed by atoms with van der Waals surface area (Å²) in [5, 5.41) is 5.77. The molecule has 24 heavy (non-hydrogen) atoms. The molecule has 0 fully saturated rings. The van der Waals surface area contributed by atoms with Crippen LogP contribution in [0.4, 0.5) is 0 Å². The fraction of sp³-hybridized carbons (Fsp3) is 0.222. The largest absolute Gasteiger partial charge is 0.497 e. The summed E-state index contributed by atoms with van der Waals surface area (Å²) in [5.41, 5.74) is 3.56. The van der Waals surface area contributed by atoms with E-state index in [-0.39, 0.29) is 5.91 Å². The van der Waals surface area contributed by atoms with Crippen molar-refractivity contribution in [3.05, 3.63) is 64.4 Å². The molecule has 0 saturated carbocycles. The van der Waals surface area contributed by atoms with E-state index in [0.717, 1.165) is 27.8 Å². The summed E-state index contributed by atoms with van der Waals surface area (Å²) < 4.78 is 7.21. The SMILES string of the molecule is COc1cccc(CNC(=O)c2cc(C)n(-c3nccs3)c2C)c1. The molecule has 2 aromatic heterocycles. The molecule has 3 aromatic rings. The van der Waals surface area contributed by atoms with E-state index < -0.39 is 0 Å². The number of carbonyl (C=O) groups excluding carboxylic acids is 1. The van der Waals surface area contributed by atoms with Crippen LogP contribution in [0.25, 0.3) is 5.13 Å². The van der Waals surface area contributed by atoms with Crippen molar-refractivity contribution in [3.8, 4) is 10.9 Å². The van der Waals surface area contributed by atoms with E-state index in [1.807, 2.05) is 54.1 Å². The minimum Gasteiger partial charge on any atom is -0.497 e. The molecule has 0 spiro atoms. The number of rotatable bonds is 5. The average Bonchev–Trinajstić information content (AvgIpc) is 3.20. The number of nitrogens with zero attached hydrogens (tertiary/aromatic N) is 2. The van der Waals surface area contributed by atoms with Gasteiger partial charge in [-0.25, -0.2) is 4.98 Å². The first kappa shape index (κ1) is 16.3. The van der Waals surface area contributed by atoms with E-state index in [9.17, 15) is 4.79 Å². The number of thiazole rings is 1. The summed E-state index contributed by atoms with van der Waals surface area (Å²) >= 11 is 1.55. The highest BCUT2D eigenvalue weighted by molar-refractivity contribution is 7.12. The molecule has 0 unspecified atom stereocenters. The summed E-state index contributed by atoms with van der Waals surface area (Å²) in [5.74, 6) is 0.692. The van der Waals surface area contributed by atoms with Crippen LogP contribution in [0.3, 0.4) is 0 Å². The molecule has 124 valence electrons. The van der Waals surface area contributed by atoms with Gasteiger partial charge in [-0.15, -0.1) is 11.3 Å². The van der Waals surface area contributed by atoms with Crippen molar-refractivity contribution in [1.82, 2.24) is 14.9 Å². The third-order valence-electron chi connectivity index (χ3n) is 3.87. The molecule has 6 heteroatoms. The predicted molar refractivity (Wildman–Crippen MR) is 95.1 cm³/mol. The van der Waals surface area contributed by atoms with Gasteiger partial charge in [-0.05, 0) is 37.6 Å². The third kappa shape index (κ3) is 3.19. The highest BCUT2D eigenvalue weighted by atomic mass is 32.1. The van der Waals surface area contributed by atoms with Crippen LogP contribution in [0, 0.1) is 13.8 Å². The van der Waals surface area contributed by atoms with Gasteiger partial charge in [0.05, 0.1) is 12.7 Å². The number of amides is 1. The van der Waals surface area contributed by atoms with E-state index in [1.54, 1.807) is 24.6 Å². The number of methoxy groups -OCH3 is 1. The van der Waals surface area contributed by atoms with Crippen molar-refractivity contribution >= 4 is 17.2 Å². The highest BCUT2D eigenvalue weighted by Gasteiger charge is 2.17. The van der Waals surface area contributed by atoms with Crippen molar-refractivity contribution in [3.63, 3.8) is 0 Å². The zero-order chi connectivity index (χ0) is 17.1. The zero-order valence-electron chi connectivity index (χ0n) is 13.9. The Kier molecular flexibility index (Phi) is 4.66. The Morgan fingerprint density at radius 2 is 2.17 bits per heavy atom. The maximum atomic E-state index is 12.6. The van der Waals surface area contributed by atoms with Crippen LogP contribution in [-0.2, 0) is 6.54 Å². The lowest BCUT2D eigenvalue weighted by atomic mass is 10.2. The lowest BCUT2D eigenvalue weighted by molar-refractivity contribution is 0.0950. The molecule has 2 heterocycles. The topological polar surface area (TPSA) is 56.1 Å². The molecule has 0 bridgehead atoms. The van der Waals surface area contributed by atoms with Crippen LogP contribution in [0.2, 0.25) is 0 Å². The van der Waals surface area contributed by atoms with Gasteiger partial charge in [-0.1, -0.05) is 12.1 Å². The standard InChI is InChI=1S/C18H19N3O2S/c1-12-9-16(13(2)21(12)18-19-7-8-24-18)17(22)20-11-14-5-4-6-15(10-14)23-3/h4-10H,11H2,1-3H3,(H,20,22). The lowest BCUT2D eigenvalue weighted by Crippen LogP contribution is -2.23. The number of carbonyl (C=O) groups is 1. The normalized spacial score (nSPS) is 10.6. The van der Waals surface area contributed by atoms with Gasteiger partial charge in [-0.3, -0.25) is 9.36 Å². The molecular formula is C18H19N3O2S. The Hall–Kier alpha value is -2.60. The molecule has 0 aliphatic rings. The minimum atomic E-state index is -0.0891. The lowest BCUT2D eigenvalue weighted by Gasteiger charge is -2.08. The number of nitrogens with one attached hydrogen (secondary N) is 1. The maximum absolute atomic E-state index is 12.6. The van der Waals surface area contributed by atoms with Crippen LogP contribution in [0.5, 0.6) is 5.75 Å². The van der Waals surface area contributed by atoms with Crippen LogP contribution >= 0.6 is 11.3 Å². The average molecular weight is 341 g/mol. The van der Waals surface area contributed by atoms with E-state index in [1.165, 1.54) is 0 Å². The smallest absolute Gasteiger partial charge is 0.253 e. The summed E-state index contributed by atoms with van der Waals surface area (Å²) in [6.45, 7) is 4.37. The monoisotopic (exact) mass is 341 g/mol. The van der Waals surface area contributed by atoms with E-state index >= 15 is 0 Å². The second-order valence-electron chi connectivity index (χ2n) is 5.47. The number of ether oxygens (including phenoxy) is 1.